The van der Waals surface area contributed by atoms with Crippen LogP contribution in [-0.2, 0) is 0 Å². The molecule has 0 bridgehead atoms. The fourth-order valence-corrected chi connectivity index (χ4v) is 9.38. The molecule has 0 unspecified atom stereocenters. The zero-order valence-corrected chi connectivity index (χ0v) is 37.4. The number of nitrogens with zero attached hydrogens (tertiary/aromatic N) is 3. The number of fused-ring (bicyclic) bond motifs is 2. The smallest absolute Gasteiger partial charge is 0.221 e. The van der Waals surface area contributed by atoms with Crippen molar-refractivity contribution in [3.8, 4) is 33.2 Å². The van der Waals surface area contributed by atoms with E-state index in [1.807, 2.05) is 158 Å². The highest BCUT2D eigenvalue weighted by atomic mass is 32.1. The average Bonchev–Trinajstić information content (AvgIpc) is 4.12. The second kappa shape index (κ2) is 20.2. The lowest BCUT2D eigenvalue weighted by molar-refractivity contribution is 0.103. The topological polar surface area (TPSA) is 108 Å². The molecule has 0 fully saturated rings. The number of aromatic nitrogens is 3. The second-order valence-electron chi connectivity index (χ2n) is 14.2. The third kappa shape index (κ3) is 10.1. The largest absolute Gasteiger partial charge is 0.497 e. The molecule has 7 aromatic carbocycles. The van der Waals surface area contributed by atoms with Crippen LogP contribution in [0, 0.1) is 6.92 Å². The molecule has 8 nitrogen and oxygen atoms in total. The lowest BCUT2D eigenvalue weighted by Crippen LogP contribution is -2.00. The quantitative estimate of drug-likeness (QED) is 0.125. The standard InChI is InChI=1S/C24H19NO3S.C18H11NOS.C11H9NOS/c1-27-19-12-8-16(9-13-19)21-23(18-10-14-20(28-2)15-11-18)29-24(25-21)22(26)17-6-4-3-5-7-17;20-17(12-6-2-1-3-7-12)18-19-15-10-13-8-4-5-9-14(13)11-16(15)21-18;1-8-7-14-11(12-8)10(13)9-5-3-2-4-6-9/h3-15H,1-2H3;1-11H;2-7H,1H3. The van der Waals surface area contributed by atoms with Crippen molar-refractivity contribution < 1.29 is 23.9 Å². The maximum Gasteiger partial charge on any atom is 0.221 e. The molecule has 10 aromatic rings. The summed E-state index contributed by atoms with van der Waals surface area (Å²) in [5.41, 5.74) is 6.49. The number of ketones is 3. The molecular formula is C53H39N3O5S3. The van der Waals surface area contributed by atoms with Gasteiger partial charge in [0.25, 0.3) is 0 Å². The maximum absolute atomic E-state index is 13.0. The van der Waals surface area contributed by atoms with Gasteiger partial charge in [0.15, 0.2) is 15.0 Å². The first-order valence-corrected chi connectivity index (χ1v) is 22.6. The van der Waals surface area contributed by atoms with Crippen LogP contribution in [0.25, 0.3) is 42.7 Å². The first-order valence-electron chi connectivity index (χ1n) is 20.1. The fourth-order valence-electron chi connectivity index (χ4n) is 6.61. The Morgan fingerprint density at radius 2 is 0.922 bits per heavy atom. The summed E-state index contributed by atoms with van der Waals surface area (Å²) in [5.74, 6) is 1.47. The fraction of sp³-hybridized carbons (Fsp3) is 0.0566. The predicted octanol–water partition coefficient (Wildman–Crippen LogP) is 13.1. The Morgan fingerprint density at radius 1 is 0.469 bits per heavy atom. The van der Waals surface area contributed by atoms with Crippen molar-refractivity contribution in [1.29, 1.82) is 0 Å². The van der Waals surface area contributed by atoms with Gasteiger partial charge in [0.05, 0.1) is 35.0 Å². The normalized spacial score (nSPS) is 10.6. The zero-order chi connectivity index (χ0) is 44.4. The van der Waals surface area contributed by atoms with E-state index in [0.29, 0.717) is 31.7 Å². The van der Waals surface area contributed by atoms with Crippen LogP contribution in [0.15, 0.2) is 181 Å². The van der Waals surface area contributed by atoms with Crippen LogP contribution < -0.4 is 9.47 Å². The van der Waals surface area contributed by atoms with Gasteiger partial charge in [0.1, 0.15) is 11.5 Å². The van der Waals surface area contributed by atoms with Gasteiger partial charge in [-0.1, -0.05) is 115 Å². The molecule has 0 aliphatic carbocycles. The highest BCUT2D eigenvalue weighted by Gasteiger charge is 2.21. The van der Waals surface area contributed by atoms with Crippen molar-refractivity contribution in [3.63, 3.8) is 0 Å². The SMILES string of the molecule is COc1ccc(-c2nc(C(=O)c3ccccc3)sc2-c2ccc(OC)cc2)cc1.Cc1csc(C(=O)c2ccccc2)n1.O=C(c1ccccc1)c1nc2cc3ccccc3cc2s1. The Morgan fingerprint density at radius 3 is 1.41 bits per heavy atom. The Balaban J connectivity index is 0.000000140. The molecule has 0 amide bonds. The number of benzene rings is 7. The molecule has 64 heavy (non-hydrogen) atoms. The highest BCUT2D eigenvalue weighted by Crippen LogP contribution is 2.39. The molecule has 3 aromatic heterocycles. The molecule has 11 heteroatoms. The number of hydrogen-bond acceptors (Lipinski definition) is 11. The lowest BCUT2D eigenvalue weighted by Gasteiger charge is -2.05. The number of methoxy groups -OCH3 is 2. The average molecular weight is 894 g/mol. The van der Waals surface area contributed by atoms with Gasteiger partial charge in [-0.25, -0.2) is 15.0 Å². The summed E-state index contributed by atoms with van der Waals surface area (Å²) in [5, 5.41) is 5.78. The number of ether oxygens (including phenoxy) is 2. The van der Waals surface area contributed by atoms with Gasteiger partial charge in [-0.15, -0.1) is 34.0 Å². The van der Waals surface area contributed by atoms with E-state index in [0.717, 1.165) is 54.5 Å². The minimum Gasteiger partial charge on any atom is -0.497 e. The second-order valence-corrected chi connectivity index (χ2v) is 17.1. The van der Waals surface area contributed by atoms with E-state index in [4.69, 9.17) is 14.5 Å². The highest BCUT2D eigenvalue weighted by molar-refractivity contribution is 7.20. The molecular weight excluding hydrogens is 855 g/mol. The van der Waals surface area contributed by atoms with Crippen LogP contribution in [0.4, 0.5) is 0 Å². The first kappa shape index (κ1) is 43.2. The Kier molecular flexibility index (Phi) is 13.6. The molecule has 0 saturated heterocycles. The van der Waals surface area contributed by atoms with Gasteiger partial charge in [0, 0.05) is 33.3 Å². The van der Waals surface area contributed by atoms with Crippen LogP contribution >= 0.6 is 34.0 Å². The van der Waals surface area contributed by atoms with Crippen LogP contribution in [-0.4, -0.2) is 46.5 Å². The van der Waals surface area contributed by atoms with E-state index in [9.17, 15) is 14.4 Å². The maximum atomic E-state index is 13.0. The number of carbonyl (C=O) groups is 3. The third-order valence-electron chi connectivity index (χ3n) is 9.91. The number of thiazole rings is 3. The van der Waals surface area contributed by atoms with Gasteiger partial charge in [-0.3, -0.25) is 14.4 Å². The van der Waals surface area contributed by atoms with E-state index in [1.165, 1.54) is 39.4 Å². The summed E-state index contributed by atoms with van der Waals surface area (Å²) in [6, 6.07) is 55.5. The minimum atomic E-state index is -0.0786. The zero-order valence-electron chi connectivity index (χ0n) is 34.9. The Bertz CT molecular complexity index is 3060. The summed E-state index contributed by atoms with van der Waals surface area (Å²) in [6.45, 7) is 1.89. The van der Waals surface area contributed by atoms with Gasteiger partial charge in [-0.2, -0.15) is 0 Å². The molecule has 314 valence electrons. The van der Waals surface area contributed by atoms with Crippen molar-refractivity contribution >= 4 is 72.3 Å². The van der Waals surface area contributed by atoms with E-state index >= 15 is 0 Å². The van der Waals surface area contributed by atoms with Gasteiger partial charge in [-0.05, 0) is 83.9 Å². The Hall–Kier alpha value is -7.44. The number of hydrogen-bond donors (Lipinski definition) is 0. The number of rotatable bonds is 10. The summed E-state index contributed by atoms with van der Waals surface area (Å²) >= 11 is 4.25. The molecule has 0 atom stereocenters. The molecule has 0 saturated carbocycles. The lowest BCUT2D eigenvalue weighted by atomic mass is 10.1. The minimum absolute atomic E-state index is 0.00343. The summed E-state index contributed by atoms with van der Waals surface area (Å²) < 4.78 is 11.6. The van der Waals surface area contributed by atoms with Crippen LogP contribution in [0.1, 0.15) is 51.8 Å². The van der Waals surface area contributed by atoms with E-state index in [-0.39, 0.29) is 17.3 Å². The van der Waals surface area contributed by atoms with E-state index < -0.39 is 0 Å². The Labute approximate surface area is 382 Å². The van der Waals surface area contributed by atoms with Crippen molar-refractivity contribution in [2.75, 3.05) is 14.2 Å². The van der Waals surface area contributed by atoms with Crippen LogP contribution in [0.2, 0.25) is 0 Å². The molecule has 0 aliphatic rings. The monoisotopic (exact) mass is 893 g/mol. The van der Waals surface area contributed by atoms with Gasteiger partial charge < -0.3 is 9.47 Å². The van der Waals surface area contributed by atoms with Crippen molar-refractivity contribution in [1.82, 2.24) is 15.0 Å². The third-order valence-corrected chi connectivity index (χ3v) is 13.0. The van der Waals surface area contributed by atoms with E-state index in [2.05, 4.69) is 28.2 Å². The van der Waals surface area contributed by atoms with Gasteiger partial charge >= 0.3 is 0 Å². The molecule has 10 rings (SSSR count). The number of carbonyl (C=O) groups excluding carboxylic acids is 3. The predicted molar refractivity (Wildman–Crippen MR) is 260 cm³/mol. The summed E-state index contributed by atoms with van der Waals surface area (Å²) in [7, 11) is 3.28. The first-order chi connectivity index (χ1) is 31.3. The summed E-state index contributed by atoms with van der Waals surface area (Å²) in [4.78, 5) is 51.6. The number of aryl methyl sites for hydroxylation is 1. The molecule has 3 heterocycles. The van der Waals surface area contributed by atoms with Crippen molar-refractivity contribution in [2.24, 2.45) is 0 Å². The molecule has 0 N–H and O–H groups in total. The van der Waals surface area contributed by atoms with Crippen LogP contribution in [0.5, 0.6) is 11.5 Å². The summed E-state index contributed by atoms with van der Waals surface area (Å²) in [6.07, 6.45) is 0. The molecule has 0 radical (unpaired) electrons. The molecule has 0 spiro atoms. The van der Waals surface area contributed by atoms with Gasteiger partial charge in [0.2, 0.25) is 17.3 Å². The van der Waals surface area contributed by atoms with E-state index in [1.54, 1.807) is 26.4 Å². The van der Waals surface area contributed by atoms with Crippen molar-refractivity contribution in [3.05, 3.63) is 219 Å². The molecule has 0 aliphatic heterocycles. The van der Waals surface area contributed by atoms with Crippen molar-refractivity contribution in [2.45, 2.75) is 6.92 Å². The van der Waals surface area contributed by atoms with Crippen LogP contribution in [0.3, 0.4) is 0 Å².